The predicted molar refractivity (Wildman–Crippen MR) is 74.4 cm³/mol. The van der Waals surface area contributed by atoms with Gasteiger partial charge in [-0.05, 0) is 55.7 Å². The maximum absolute atomic E-state index is 4.24. The van der Waals surface area contributed by atoms with Gasteiger partial charge in [0.15, 0.2) is 0 Å². The van der Waals surface area contributed by atoms with Gasteiger partial charge in [0.2, 0.25) is 0 Å². The van der Waals surface area contributed by atoms with Crippen LogP contribution in [0, 0.1) is 5.92 Å². The molecule has 1 unspecified atom stereocenters. The van der Waals surface area contributed by atoms with Crippen LogP contribution in [-0.4, -0.2) is 34.4 Å². The molecule has 1 aromatic rings. The minimum absolute atomic E-state index is 0.604. The average molecular weight is 253 g/mol. The topological polar surface area (TPSA) is 29.9 Å². The molecule has 0 saturated carbocycles. The van der Waals surface area contributed by atoms with Crippen LogP contribution in [0.3, 0.4) is 0 Å². The van der Waals surface area contributed by atoms with Gasteiger partial charge in [-0.1, -0.05) is 0 Å². The second-order valence-corrected chi connectivity index (χ2v) is 6.23. The Morgan fingerprint density at radius 2 is 2.29 bits per heavy atom. The smallest absolute Gasteiger partial charge is 0.0522 e. The molecule has 1 fully saturated rings. The average Bonchev–Trinajstić information content (AvgIpc) is 2.75. The highest BCUT2D eigenvalue weighted by molar-refractivity contribution is 7.99. The first-order chi connectivity index (χ1) is 8.28. The number of rotatable bonds is 5. The number of likely N-dealkylation sites (N-methyl/N-ethyl adjacent to an activating group) is 1. The van der Waals surface area contributed by atoms with E-state index in [4.69, 9.17) is 0 Å². The summed E-state index contributed by atoms with van der Waals surface area (Å²) in [6.07, 6.45) is 9.33. The largest absolute Gasteiger partial charge is 0.317 e. The minimum atomic E-state index is 0.604. The van der Waals surface area contributed by atoms with Crippen LogP contribution in [-0.2, 0) is 13.5 Å². The Labute approximate surface area is 108 Å². The van der Waals surface area contributed by atoms with E-state index in [1.54, 1.807) is 0 Å². The molecule has 17 heavy (non-hydrogen) atoms. The van der Waals surface area contributed by atoms with Crippen molar-refractivity contribution in [2.24, 2.45) is 13.0 Å². The first kappa shape index (κ1) is 13.0. The molecule has 2 rings (SSSR count). The number of nitrogens with zero attached hydrogens (tertiary/aromatic N) is 2. The molecule has 0 spiro atoms. The molecule has 1 saturated heterocycles. The Balaban J connectivity index is 1.83. The van der Waals surface area contributed by atoms with Gasteiger partial charge in [-0.2, -0.15) is 16.9 Å². The summed E-state index contributed by atoms with van der Waals surface area (Å²) in [5.41, 5.74) is 1.34. The molecule has 1 N–H and O–H groups in total. The number of thioether (sulfide) groups is 1. The third kappa shape index (κ3) is 4.03. The summed E-state index contributed by atoms with van der Waals surface area (Å²) in [5, 5.41) is 7.70. The van der Waals surface area contributed by atoms with Gasteiger partial charge in [0.25, 0.3) is 0 Å². The lowest BCUT2D eigenvalue weighted by Crippen LogP contribution is -2.31. The van der Waals surface area contributed by atoms with Crippen molar-refractivity contribution in [3.05, 3.63) is 18.0 Å². The van der Waals surface area contributed by atoms with Gasteiger partial charge in [0.05, 0.1) is 6.20 Å². The molecule has 0 amide bonds. The van der Waals surface area contributed by atoms with E-state index < -0.39 is 0 Å². The molecule has 1 aromatic heterocycles. The summed E-state index contributed by atoms with van der Waals surface area (Å²) in [6, 6.07) is 0.604. The second-order valence-electron chi connectivity index (χ2n) is 5.00. The molecule has 4 heteroatoms. The third-order valence-electron chi connectivity index (χ3n) is 3.61. The quantitative estimate of drug-likeness (QED) is 0.871. The van der Waals surface area contributed by atoms with Crippen LogP contribution in [0.25, 0.3) is 0 Å². The van der Waals surface area contributed by atoms with Crippen molar-refractivity contribution in [1.82, 2.24) is 15.1 Å². The SMILES string of the molecule is CNC(Cc1cnn(C)c1)CC1CCSCC1. The van der Waals surface area contributed by atoms with Crippen molar-refractivity contribution in [2.75, 3.05) is 18.6 Å². The van der Waals surface area contributed by atoms with E-state index in [0.717, 1.165) is 12.3 Å². The molecule has 96 valence electrons. The van der Waals surface area contributed by atoms with Gasteiger partial charge < -0.3 is 5.32 Å². The van der Waals surface area contributed by atoms with Crippen LogP contribution < -0.4 is 5.32 Å². The normalized spacial score (nSPS) is 19.4. The van der Waals surface area contributed by atoms with E-state index >= 15 is 0 Å². The zero-order chi connectivity index (χ0) is 12.1. The van der Waals surface area contributed by atoms with Crippen LogP contribution in [0.4, 0.5) is 0 Å². The molecular formula is C13H23N3S. The summed E-state index contributed by atoms with van der Waals surface area (Å²) in [6.45, 7) is 0. The third-order valence-corrected chi connectivity index (χ3v) is 4.66. The Morgan fingerprint density at radius 3 is 2.88 bits per heavy atom. The van der Waals surface area contributed by atoms with Gasteiger partial charge >= 0.3 is 0 Å². The zero-order valence-corrected chi connectivity index (χ0v) is 11.7. The van der Waals surface area contributed by atoms with Crippen LogP contribution >= 0.6 is 11.8 Å². The van der Waals surface area contributed by atoms with Crippen LogP contribution in [0.5, 0.6) is 0 Å². The Bertz CT molecular complexity index is 331. The zero-order valence-electron chi connectivity index (χ0n) is 10.9. The number of aromatic nitrogens is 2. The first-order valence-corrected chi connectivity index (χ1v) is 7.66. The second kappa shape index (κ2) is 6.45. The summed E-state index contributed by atoms with van der Waals surface area (Å²) in [4.78, 5) is 0. The van der Waals surface area contributed by atoms with Gasteiger partial charge in [0, 0.05) is 19.3 Å². The highest BCUT2D eigenvalue weighted by atomic mass is 32.2. The minimum Gasteiger partial charge on any atom is -0.317 e. The van der Waals surface area contributed by atoms with Crippen molar-refractivity contribution in [3.8, 4) is 0 Å². The Kier molecular flexibility index (Phi) is 4.92. The maximum atomic E-state index is 4.24. The molecule has 2 heterocycles. The van der Waals surface area contributed by atoms with E-state index in [1.807, 2.05) is 17.9 Å². The van der Waals surface area contributed by atoms with Crippen LogP contribution in [0.2, 0.25) is 0 Å². The number of hydrogen-bond acceptors (Lipinski definition) is 3. The monoisotopic (exact) mass is 253 g/mol. The Hall–Kier alpha value is -0.480. The molecule has 1 aliphatic heterocycles. The summed E-state index contributed by atoms with van der Waals surface area (Å²) in [7, 11) is 4.06. The molecule has 0 aromatic carbocycles. The van der Waals surface area contributed by atoms with E-state index in [1.165, 1.54) is 36.3 Å². The molecule has 0 aliphatic carbocycles. The number of hydrogen-bond donors (Lipinski definition) is 1. The standard InChI is InChI=1S/C13H23N3S/c1-14-13(7-11-3-5-17-6-4-11)8-12-9-15-16(2)10-12/h9-11,13-14H,3-8H2,1-2H3. The van der Waals surface area contributed by atoms with Crippen molar-refractivity contribution >= 4 is 11.8 Å². The van der Waals surface area contributed by atoms with E-state index in [0.29, 0.717) is 6.04 Å². The van der Waals surface area contributed by atoms with E-state index in [-0.39, 0.29) is 0 Å². The predicted octanol–water partition coefficient (Wildman–Crippen LogP) is 2.08. The Morgan fingerprint density at radius 1 is 1.53 bits per heavy atom. The maximum Gasteiger partial charge on any atom is 0.0522 e. The van der Waals surface area contributed by atoms with Gasteiger partial charge in [-0.3, -0.25) is 4.68 Å². The lowest BCUT2D eigenvalue weighted by molar-refractivity contribution is 0.376. The van der Waals surface area contributed by atoms with Crippen molar-refractivity contribution in [2.45, 2.75) is 31.7 Å². The van der Waals surface area contributed by atoms with Crippen LogP contribution in [0.15, 0.2) is 12.4 Å². The molecule has 3 nitrogen and oxygen atoms in total. The summed E-state index contributed by atoms with van der Waals surface area (Å²) in [5.74, 6) is 3.63. The molecule has 0 radical (unpaired) electrons. The highest BCUT2D eigenvalue weighted by Crippen LogP contribution is 2.26. The van der Waals surface area contributed by atoms with Gasteiger partial charge in [0.1, 0.15) is 0 Å². The van der Waals surface area contributed by atoms with Gasteiger partial charge in [-0.15, -0.1) is 0 Å². The number of aryl methyl sites for hydroxylation is 1. The van der Waals surface area contributed by atoms with Crippen molar-refractivity contribution in [1.29, 1.82) is 0 Å². The van der Waals surface area contributed by atoms with Crippen molar-refractivity contribution in [3.63, 3.8) is 0 Å². The fourth-order valence-electron chi connectivity index (χ4n) is 2.55. The van der Waals surface area contributed by atoms with E-state index in [9.17, 15) is 0 Å². The first-order valence-electron chi connectivity index (χ1n) is 6.50. The molecule has 0 bridgehead atoms. The van der Waals surface area contributed by atoms with Crippen molar-refractivity contribution < 1.29 is 0 Å². The van der Waals surface area contributed by atoms with Crippen LogP contribution in [0.1, 0.15) is 24.8 Å². The highest BCUT2D eigenvalue weighted by Gasteiger charge is 2.18. The summed E-state index contributed by atoms with van der Waals surface area (Å²) < 4.78 is 1.89. The van der Waals surface area contributed by atoms with E-state index in [2.05, 4.69) is 35.4 Å². The lowest BCUT2D eigenvalue weighted by Gasteiger charge is -2.26. The number of nitrogens with one attached hydrogen (secondary N) is 1. The fourth-order valence-corrected chi connectivity index (χ4v) is 3.75. The lowest BCUT2D eigenvalue weighted by atomic mass is 9.92. The summed E-state index contributed by atoms with van der Waals surface area (Å²) >= 11 is 2.11. The fraction of sp³-hybridized carbons (Fsp3) is 0.769. The molecular weight excluding hydrogens is 230 g/mol. The van der Waals surface area contributed by atoms with Gasteiger partial charge in [-0.25, -0.2) is 0 Å². The molecule has 1 aliphatic rings. The molecule has 1 atom stereocenters.